The highest BCUT2D eigenvalue weighted by Crippen LogP contribution is 2.14. The minimum atomic E-state index is -0.316. The molecule has 1 saturated heterocycles. The number of nitrogens with zero attached hydrogens (tertiary/aromatic N) is 1. The Morgan fingerprint density at radius 2 is 2.00 bits per heavy atom. The monoisotopic (exact) mass is 236 g/mol. The average Bonchev–Trinajstić information content (AvgIpc) is 2.33. The largest absolute Gasteiger partial charge is 0.333 e. The molecule has 1 aliphatic heterocycles. The number of amides is 1. The molecular formula is C13H17FN2O. The van der Waals surface area contributed by atoms with E-state index in [9.17, 15) is 9.18 Å². The predicted octanol–water partition coefficient (Wildman–Crippen LogP) is 1.65. The topological polar surface area (TPSA) is 32.3 Å². The van der Waals surface area contributed by atoms with E-state index < -0.39 is 0 Å². The van der Waals surface area contributed by atoms with Gasteiger partial charge in [0.25, 0.3) is 5.91 Å². The second-order valence-corrected chi connectivity index (χ2v) is 4.49. The van der Waals surface area contributed by atoms with Crippen LogP contribution in [-0.2, 0) is 0 Å². The first-order valence-electron chi connectivity index (χ1n) is 5.89. The molecule has 1 aromatic rings. The lowest BCUT2D eigenvalue weighted by Gasteiger charge is -2.38. The summed E-state index contributed by atoms with van der Waals surface area (Å²) in [5.41, 5.74) is 0.548. The number of carbonyl (C=O) groups is 1. The number of carbonyl (C=O) groups excluding carboxylic acids is 1. The van der Waals surface area contributed by atoms with E-state index >= 15 is 0 Å². The van der Waals surface area contributed by atoms with E-state index in [1.807, 2.05) is 11.8 Å². The predicted molar refractivity (Wildman–Crippen MR) is 64.4 cm³/mol. The number of hydrogen-bond acceptors (Lipinski definition) is 2. The first-order valence-corrected chi connectivity index (χ1v) is 5.89. The quantitative estimate of drug-likeness (QED) is 0.804. The molecule has 0 aromatic heterocycles. The number of nitrogens with one attached hydrogen (secondary N) is 1. The molecule has 1 fully saturated rings. The second-order valence-electron chi connectivity index (χ2n) is 4.49. The SMILES string of the molecule is CC1NCCN(C(=O)c2ccc(F)cc2)C1C. The Bertz CT molecular complexity index is 404. The van der Waals surface area contributed by atoms with E-state index in [0.29, 0.717) is 12.1 Å². The van der Waals surface area contributed by atoms with Crippen LogP contribution in [-0.4, -0.2) is 36.0 Å². The van der Waals surface area contributed by atoms with Gasteiger partial charge in [-0.25, -0.2) is 4.39 Å². The molecule has 0 radical (unpaired) electrons. The Morgan fingerprint density at radius 3 is 2.65 bits per heavy atom. The number of hydrogen-bond donors (Lipinski definition) is 1. The van der Waals surface area contributed by atoms with Gasteiger partial charge in [0.1, 0.15) is 5.82 Å². The van der Waals surface area contributed by atoms with Gasteiger partial charge in [-0.1, -0.05) is 0 Å². The van der Waals surface area contributed by atoms with Crippen molar-refractivity contribution in [1.82, 2.24) is 10.2 Å². The summed E-state index contributed by atoms with van der Waals surface area (Å²) in [4.78, 5) is 14.1. The normalized spacial score (nSPS) is 24.8. The number of rotatable bonds is 1. The molecule has 2 atom stereocenters. The van der Waals surface area contributed by atoms with Crippen molar-refractivity contribution < 1.29 is 9.18 Å². The standard InChI is InChI=1S/C13H17FN2O/c1-9-10(2)16(8-7-15-9)13(17)11-3-5-12(14)6-4-11/h3-6,9-10,15H,7-8H2,1-2H3. The summed E-state index contributed by atoms with van der Waals surface area (Å²) in [6.07, 6.45) is 0. The number of piperazine rings is 1. The lowest BCUT2D eigenvalue weighted by Crippen LogP contribution is -2.57. The van der Waals surface area contributed by atoms with E-state index in [1.165, 1.54) is 24.3 Å². The van der Waals surface area contributed by atoms with Crippen molar-refractivity contribution in [3.8, 4) is 0 Å². The fourth-order valence-electron chi connectivity index (χ4n) is 2.10. The summed E-state index contributed by atoms with van der Waals surface area (Å²) in [7, 11) is 0. The second kappa shape index (κ2) is 4.84. The molecule has 2 rings (SSSR count). The van der Waals surface area contributed by atoms with Crippen molar-refractivity contribution in [2.45, 2.75) is 25.9 Å². The first-order chi connectivity index (χ1) is 8.09. The molecule has 3 nitrogen and oxygen atoms in total. The molecule has 1 heterocycles. The van der Waals surface area contributed by atoms with Gasteiger partial charge in [0.05, 0.1) is 0 Å². The van der Waals surface area contributed by atoms with Gasteiger partial charge in [0.2, 0.25) is 0 Å². The van der Waals surface area contributed by atoms with Crippen molar-refractivity contribution in [1.29, 1.82) is 0 Å². The molecule has 2 unspecified atom stereocenters. The Balaban J connectivity index is 2.16. The molecule has 92 valence electrons. The summed E-state index contributed by atoms with van der Waals surface area (Å²) in [6, 6.07) is 6.16. The molecule has 0 bridgehead atoms. The Labute approximate surface area is 101 Å². The zero-order chi connectivity index (χ0) is 12.4. The highest BCUT2D eigenvalue weighted by atomic mass is 19.1. The molecule has 4 heteroatoms. The van der Waals surface area contributed by atoms with E-state index in [0.717, 1.165) is 6.54 Å². The van der Waals surface area contributed by atoms with Gasteiger partial charge in [0.15, 0.2) is 0 Å². The third kappa shape index (κ3) is 2.47. The van der Waals surface area contributed by atoms with Gasteiger partial charge in [-0.2, -0.15) is 0 Å². The van der Waals surface area contributed by atoms with Crippen molar-refractivity contribution in [2.24, 2.45) is 0 Å². The Kier molecular flexibility index (Phi) is 3.43. The van der Waals surface area contributed by atoms with Crippen LogP contribution in [0.3, 0.4) is 0 Å². The molecule has 17 heavy (non-hydrogen) atoms. The zero-order valence-electron chi connectivity index (χ0n) is 10.1. The third-order valence-electron chi connectivity index (χ3n) is 3.39. The Hall–Kier alpha value is -1.42. The van der Waals surface area contributed by atoms with Gasteiger partial charge in [-0.05, 0) is 38.1 Å². The van der Waals surface area contributed by atoms with E-state index in [-0.39, 0.29) is 23.8 Å². The first kappa shape index (κ1) is 12.0. The highest BCUT2D eigenvalue weighted by Gasteiger charge is 2.28. The van der Waals surface area contributed by atoms with E-state index in [2.05, 4.69) is 12.2 Å². The van der Waals surface area contributed by atoms with Crippen LogP contribution in [0, 0.1) is 5.82 Å². The molecule has 0 saturated carbocycles. The third-order valence-corrected chi connectivity index (χ3v) is 3.39. The lowest BCUT2D eigenvalue weighted by atomic mass is 10.1. The minimum Gasteiger partial charge on any atom is -0.333 e. The van der Waals surface area contributed by atoms with E-state index in [1.54, 1.807) is 0 Å². The fraction of sp³-hybridized carbons (Fsp3) is 0.462. The summed E-state index contributed by atoms with van der Waals surface area (Å²) in [6.45, 7) is 5.59. The summed E-state index contributed by atoms with van der Waals surface area (Å²) < 4.78 is 12.8. The summed E-state index contributed by atoms with van der Waals surface area (Å²) >= 11 is 0. The van der Waals surface area contributed by atoms with Crippen LogP contribution >= 0.6 is 0 Å². The molecule has 1 amide bonds. The van der Waals surface area contributed by atoms with Crippen molar-refractivity contribution in [3.05, 3.63) is 35.6 Å². The van der Waals surface area contributed by atoms with Gasteiger partial charge < -0.3 is 10.2 Å². The maximum Gasteiger partial charge on any atom is 0.254 e. The summed E-state index contributed by atoms with van der Waals surface area (Å²) in [5, 5.41) is 3.32. The maximum absolute atomic E-state index is 12.8. The van der Waals surface area contributed by atoms with Gasteiger partial charge in [-0.3, -0.25) is 4.79 Å². The average molecular weight is 236 g/mol. The van der Waals surface area contributed by atoms with Crippen molar-refractivity contribution >= 4 is 5.91 Å². The van der Waals surface area contributed by atoms with Crippen LogP contribution in [0.4, 0.5) is 4.39 Å². The van der Waals surface area contributed by atoms with Crippen LogP contribution in [0.2, 0.25) is 0 Å². The molecule has 0 aliphatic carbocycles. The van der Waals surface area contributed by atoms with Crippen LogP contribution in [0.1, 0.15) is 24.2 Å². The molecule has 0 spiro atoms. The van der Waals surface area contributed by atoms with Gasteiger partial charge in [0, 0.05) is 30.7 Å². The molecule has 1 aliphatic rings. The van der Waals surface area contributed by atoms with Crippen LogP contribution in [0.15, 0.2) is 24.3 Å². The van der Waals surface area contributed by atoms with Crippen LogP contribution in [0.25, 0.3) is 0 Å². The summed E-state index contributed by atoms with van der Waals surface area (Å²) in [5.74, 6) is -0.339. The molecule has 1 N–H and O–H groups in total. The minimum absolute atomic E-state index is 0.0224. The van der Waals surface area contributed by atoms with Crippen LogP contribution in [0.5, 0.6) is 0 Å². The number of halogens is 1. The number of benzene rings is 1. The van der Waals surface area contributed by atoms with Crippen molar-refractivity contribution in [3.63, 3.8) is 0 Å². The van der Waals surface area contributed by atoms with Gasteiger partial charge >= 0.3 is 0 Å². The highest BCUT2D eigenvalue weighted by molar-refractivity contribution is 5.94. The maximum atomic E-state index is 12.8. The van der Waals surface area contributed by atoms with E-state index in [4.69, 9.17) is 0 Å². The van der Waals surface area contributed by atoms with Gasteiger partial charge in [-0.15, -0.1) is 0 Å². The lowest BCUT2D eigenvalue weighted by molar-refractivity contribution is 0.0603. The molecule has 1 aromatic carbocycles. The Morgan fingerprint density at radius 1 is 1.35 bits per heavy atom. The smallest absolute Gasteiger partial charge is 0.254 e. The van der Waals surface area contributed by atoms with Crippen LogP contribution < -0.4 is 5.32 Å². The molecular weight excluding hydrogens is 219 g/mol. The zero-order valence-corrected chi connectivity index (χ0v) is 10.1. The van der Waals surface area contributed by atoms with Crippen molar-refractivity contribution in [2.75, 3.05) is 13.1 Å². The fourth-order valence-corrected chi connectivity index (χ4v) is 2.10.